The van der Waals surface area contributed by atoms with Crippen LogP contribution in [0.3, 0.4) is 0 Å². The lowest BCUT2D eigenvalue weighted by Crippen LogP contribution is -2.15. The van der Waals surface area contributed by atoms with Crippen LogP contribution < -0.4 is 5.73 Å². The maximum atomic E-state index is 10.4. The largest absolute Gasteiger partial charge is 0.481 e. The van der Waals surface area contributed by atoms with Crippen molar-refractivity contribution in [1.82, 2.24) is 0 Å². The SMILES string of the molecule is Cl.NC(CC(=O)O)c1cccc(Cl)c1Cl. The zero-order valence-electron chi connectivity index (χ0n) is 7.61. The van der Waals surface area contributed by atoms with Gasteiger partial charge in [-0.2, -0.15) is 0 Å². The van der Waals surface area contributed by atoms with Crippen molar-refractivity contribution in [3.8, 4) is 0 Å². The number of rotatable bonds is 3. The number of aliphatic carboxylic acids is 1. The van der Waals surface area contributed by atoms with Crippen molar-refractivity contribution in [2.75, 3.05) is 0 Å². The van der Waals surface area contributed by atoms with Crippen LogP contribution in [-0.4, -0.2) is 11.1 Å². The molecule has 3 nitrogen and oxygen atoms in total. The van der Waals surface area contributed by atoms with Crippen LogP contribution in [0.1, 0.15) is 18.0 Å². The van der Waals surface area contributed by atoms with Gasteiger partial charge in [-0.1, -0.05) is 35.3 Å². The summed E-state index contributed by atoms with van der Waals surface area (Å²) >= 11 is 11.6. The minimum Gasteiger partial charge on any atom is -0.481 e. The van der Waals surface area contributed by atoms with E-state index in [0.29, 0.717) is 15.6 Å². The van der Waals surface area contributed by atoms with Gasteiger partial charge in [-0.05, 0) is 11.6 Å². The minimum absolute atomic E-state index is 0. The third-order valence-corrected chi connectivity index (χ3v) is 2.61. The summed E-state index contributed by atoms with van der Waals surface area (Å²) in [5.41, 5.74) is 6.20. The van der Waals surface area contributed by atoms with Crippen LogP contribution in [0.25, 0.3) is 0 Å². The second-order valence-electron chi connectivity index (χ2n) is 2.85. The number of hydrogen-bond acceptors (Lipinski definition) is 2. The number of nitrogens with two attached hydrogens (primary N) is 1. The lowest BCUT2D eigenvalue weighted by molar-refractivity contribution is -0.137. The van der Waals surface area contributed by atoms with E-state index < -0.39 is 12.0 Å². The molecule has 0 aliphatic heterocycles. The molecule has 0 aliphatic rings. The van der Waals surface area contributed by atoms with E-state index in [1.165, 1.54) is 0 Å². The monoisotopic (exact) mass is 269 g/mol. The number of carboxylic acid groups (broad SMARTS) is 1. The van der Waals surface area contributed by atoms with Gasteiger partial charge in [-0.15, -0.1) is 12.4 Å². The molecule has 0 bridgehead atoms. The van der Waals surface area contributed by atoms with Crippen molar-refractivity contribution >= 4 is 41.6 Å². The second kappa shape index (κ2) is 6.18. The molecular formula is C9H10Cl3NO2. The fourth-order valence-electron chi connectivity index (χ4n) is 1.10. The van der Waals surface area contributed by atoms with Crippen molar-refractivity contribution in [3.63, 3.8) is 0 Å². The summed E-state index contributed by atoms with van der Waals surface area (Å²) in [7, 11) is 0. The molecule has 6 heteroatoms. The van der Waals surface area contributed by atoms with E-state index in [0.717, 1.165) is 0 Å². The van der Waals surface area contributed by atoms with E-state index in [4.69, 9.17) is 34.0 Å². The van der Waals surface area contributed by atoms with Crippen LogP contribution in [0.2, 0.25) is 10.0 Å². The van der Waals surface area contributed by atoms with Crippen LogP contribution in [0.15, 0.2) is 18.2 Å². The topological polar surface area (TPSA) is 63.3 Å². The number of benzene rings is 1. The van der Waals surface area contributed by atoms with E-state index in [-0.39, 0.29) is 18.8 Å². The minimum atomic E-state index is -0.964. The summed E-state index contributed by atoms with van der Waals surface area (Å²) in [6, 6.07) is 4.35. The van der Waals surface area contributed by atoms with Gasteiger partial charge in [0.15, 0.2) is 0 Å². The highest BCUT2D eigenvalue weighted by Crippen LogP contribution is 2.29. The summed E-state index contributed by atoms with van der Waals surface area (Å²) in [4.78, 5) is 10.4. The van der Waals surface area contributed by atoms with Gasteiger partial charge < -0.3 is 10.8 Å². The Labute approximate surface area is 104 Å². The van der Waals surface area contributed by atoms with Crippen LogP contribution in [-0.2, 0) is 4.79 Å². The van der Waals surface area contributed by atoms with Crippen LogP contribution >= 0.6 is 35.6 Å². The van der Waals surface area contributed by atoms with E-state index in [2.05, 4.69) is 0 Å². The molecule has 0 heterocycles. The molecule has 15 heavy (non-hydrogen) atoms. The third kappa shape index (κ3) is 3.87. The van der Waals surface area contributed by atoms with Crippen molar-refractivity contribution in [3.05, 3.63) is 33.8 Å². The lowest BCUT2D eigenvalue weighted by atomic mass is 10.1. The first-order valence-electron chi connectivity index (χ1n) is 3.93. The molecule has 0 aromatic heterocycles. The van der Waals surface area contributed by atoms with Gasteiger partial charge in [-0.25, -0.2) is 0 Å². The summed E-state index contributed by atoms with van der Waals surface area (Å²) in [6.45, 7) is 0. The Morgan fingerprint density at radius 3 is 2.60 bits per heavy atom. The van der Waals surface area contributed by atoms with Crippen LogP contribution in [0, 0.1) is 0 Å². The highest BCUT2D eigenvalue weighted by atomic mass is 35.5. The second-order valence-corrected chi connectivity index (χ2v) is 3.63. The molecule has 0 aliphatic carbocycles. The van der Waals surface area contributed by atoms with Gasteiger partial charge >= 0.3 is 5.97 Å². The van der Waals surface area contributed by atoms with Gasteiger partial charge in [0.25, 0.3) is 0 Å². The number of carboxylic acids is 1. The molecule has 0 fully saturated rings. The Bertz CT molecular complexity index is 357. The van der Waals surface area contributed by atoms with Gasteiger partial charge in [0.2, 0.25) is 0 Å². The maximum Gasteiger partial charge on any atom is 0.305 e. The van der Waals surface area contributed by atoms with Gasteiger partial charge in [0.1, 0.15) is 0 Å². The number of hydrogen-bond donors (Lipinski definition) is 2. The Kier molecular flexibility index (Phi) is 5.98. The molecule has 0 amide bonds. The van der Waals surface area contributed by atoms with Crippen molar-refractivity contribution < 1.29 is 9.90 Å². The first-order chi connectivity index (χ1) is 6.52. The standard InChI is InChI=1S/C9H9Cl2NO2.ClH/c10-6-3-1-2-5(9(6)11)7(12)4-8(13)14;/h1-3,7H,4,12H2,(H,13,14);1H. The summed E-state index contributed by atoms with van der Waals surface area (Å²) < 4.78 is 0. The van der Waals surface area contributed by atoms with Crippen LogP contribution in [0.4, 0.5) is 0 Å². The molecular weight excluding hydrogens is 260 g/mol. The Hall–Kier alpha value is -0.480. The molecule has 0 spiro atoms. The highest BCUT2D eigenvalue weighted by Gasteiger charge is 2.14. The molecule has 3 N–H and O–H groups in total. The van der Waals surface area contributed by atoms with Crippen molar-refractivity contribution in [2.45, 2.75) is 12.5 Å². The maximum absolute atomic E-state index is 10.4. The summed E-state index contributed by atoms with van der Waals surface area (Å²) in [6.07, 6.45) is -0.167. The van der Waals surface area contributed by atoms with E-state index in [9.17, 15) is 4.79 Å². The first kappa shape index (κ1) is 14.5. The first-order valence-corrected chi connectivity index (χ1v) is 4.69. The fourth-order valence-corrected chi connectivity index (χ4v) is 1.55. The average Bonchev–Trinajstić information content (AvgIpc) is 2.08. The summed E-state index contributed by atoms with van der Waals surface area (Å²) in [5, 5.41) is 9.25. The molecule has 1 unspecified atom stereocenters. The van der Waals surface area contributed by atoms with E-state index in [1.807, 2.05) is 0 Å². The molecule has 1 aromatic carbocycles. The predicted octanol–water partition coefficient (Wildman–Crippen LogP) is 2.89. The third-order valence-electron chi connectivity index (χ3n) is 1.78. The van der Waals surface area contributed by atoms with Gasteiger partial charge in [0.05, 0.1) is 16.5 Å². The number of halogens is 3. The Morgan fingerprint density at radius 1 is 1.47 bits per heavy atom. The fraction of sp³-hybridized carbons (Fsp3) is 0.222. The number of carbonyl (C=O) groups is 1. The molecule has 0 saturated heterocycles. The normalized spacial score (nSPS) is 11.7. The van der Waals surface area contributed by atoms with E-state index in [1.54, 1.807) is 18.2 Å². The lowest BCUT2D eigenvalue weighted by Gasteiger charge is -2.11. The predicted molar refractivity (Wildman–Crippen MR) is 62.9 cm³/mol. The van der Waals surface area contributed by atoms with E-state index >= 15 is 0 Å². The molecule has 1 atom stereocenters. The van der Waals surface area contributed by atoms with Gasteiger partial charge in [-0.3, -0.25) is 4.79 Å². The zero-order valence-corrected chi connectivity index (χ0v) is 9.94. The zero-order chi connectivity index (χ0) is 10.7. The smallest absolute Gasteiger partial charge is 0.305 e. The quantitative estimate of drug-likeness (QED) is 0.887. The van der Waals surface area contributed by atoms with Gasteiger partial charge in [0, 0.05) is 6.04 Å². The molecule has 84 valence electrons. The average molecular weight is 271 g/mol. The molecule has 0 saturated carbocycles. The highest BCUT2D eigenvalue weighted by molar-refractivity contribution is 6.42. The molecule has 1 aromatic rings. The Morgan fingerprint density at radius 2 is 2.07 bits per heavy atom. The van der Waals surface area contributed by atoms with Crippen molar-refractivity contribution in [1.29, 1.82) is 0 Å². The molecule has 1 rings (SSSR count). The molecule has 0 radical (unpaired) electrons. The Balaban J connectivity index is 0.00000196. The van der Waals surface area contributed by atoms with Crippen LogP contribution in [0.5, 0.6) is 0 Å². The van der Waals surface area contributed by atoms with Crippen molar-refractivity contribution in [2.24, 2.45) is 5.73 Å². The summed E-state index contributed by atoms with van der Waals surface area (Å²) in [5.74, 6) is -0.964.